The van der Waals surface area contributed by atoms with E-state index < -0.39 is 0 Å². The van der Waals surface area contributed by atoms with Gasteiger partial charge in [-0.25, -0.2) is 0 Å². The van der Waals surface area contributed by atoms with Crippen LogP contribution in [0.1, 0.15) is 0 Å². The minimum absolute atomic E-state index is 0. The molecule has 0 N–H and O–H groups in total. The van der Waals surface area contributed by atoms with Gasteiger partial charge in [-0.3, -0.25) is 0 Å². The molecule has 0 rings (SSSR count). The quantitative estimate of drug-likeness (QED) is 0.425. The van der Waals surface area contributed by atoms with E-state index in [1.54, 1.807) is 0 Å². The zero-order valence-electron chi connectivity index (χ0n) is 2.88. The molecule has 3 radical (unpaired) electrons. The molecule has 27 valence electrons. The smallest absolute Gasteiger partial charge is 2.00 e. The van der Waals surface area contributed by atoms with Crippen molar-refractivity contribution in [1.82, 2.24) is 0 Å². The summed E-state index contributed by atoms with van der Waals surface area (Å²) in [6.07, 6.45) is 0. The Bertz CT molecular complexity index is 10.8. The summed E-state index contributed by atoms with van der Waals surface area (Å²) in [4.78, 5) is 0. The molecule has 0 bridgehead atoms. The van der Waals surface area contributed by atoms with Crippen molar-refractivity contribution < 1.29 is 77.7 Å². The summed E-state index contributed by atoms with van der Waals surface area (Å²) in [6.45, 7) is 0. The maximum atomic E-state index is 0. The molecule has 6 heteroatoms. The van der Waals surface area contributed by atoms with Crippen molar-refractivity contribution in [2.75, 3.05) is 0 Å². The molecular formula is BiCeO3Zn+2. The first kappa shape index (κ1) is 69.2. The van der Waals surface area contributed by atoms with Crippen LogP contribution in [0.4, 0.5) is 0 Å². The van der Waals surface area contributed by atoms with Gasteiger partial charge < -0.3 is 16.4 Å². The van der Waals surface area contributed by atoms with E-state index in [1.807, 2.05) is 0 Å². The molecule has 6 heavy (non-hydrogen) atoms. The zero-order valence-corrected chi connectivity index (χ0v) is 12.5. The summed E-state index contributed by atoms with van der Waals surface area (Å²) in [5, 5.41) is 0. The Hall–Kier alpha value is 2.76. The molecule has 0 aromatic heterocycles. The van der Waals surface area contributed by atoms with Crippen molar-refractivity contribution in [3.05, 3.63) is 0 Å². The molecule has 0 aliphatic heterocycles. The van der Waals surface area contributed by atoms with Crippen LogP contribution in [0.5, 0.6) is 0 Å². The average Bonchev–Trinajstić information content (AvgIpc) is 0. The van der Waals surface area contributed by atoms with Crippen LogP contribution in [0.2, 0.25) is 0 Å². The van der Waals surface area contributed by atoms with Gasteiger partial charge in [0.2, 0.25) is 0 Å². The Labute approximate surface area is 102 Å². The van der Waals surface area contributed by atoms with Gasteiger partial charge in [-0.05, 0) is 0 Å². The zero-order chi connectivity index (χ0) is 0. The van der Waals surface area contributed by atoms with E-state index >= 15 is 0 Å². The molecule has 0 aromatic carbocycles. The van der Waals surface area contributed by atoms with Gasteiger partial charge in [-0.1, -0.05) is 0 Å². The predicted octanol–water partition coefficient (Wildman–Crippen LogP) is -0.740. The fourth-order valence-corrected chi connectivity index (χ4v) is 0. The molecule has 0 amide bonds. The monoisotopic (exact) mass is 461 g/mol. The van der Waals surface area contributed by atoms with Gasteiger partial charge in [0.05, 0.1) is 0 Å². The van der Waals surface area contributed by atoms with Gasteiger partial charge in [0.1, 0.15) is 0 Å². The van der Waals surface area contributed by atoms with Gasteiger partial charge in [0.25, 0.3) is 0 Å². The van der Waals surface area contributed by atoms with Crippen LogP contribution < -0.4 is 0 Å². The molecule has 0 aliphatic rings. The van der Waals surface area contributed by atoms with Crippen molar-refractivity contribution in [3.8, 4) is 0 Å². The molecule has 3 nitrogen and oxygen atoms in total. The Morgan fingerprint density at radius 2 is 0.667 bits per heavy atom. The Balaban J connectivity index is 0. The maximum Gasteiger partial charge on any atom is 3.00 e. The Morgan fingerprint density at radius 3 is 0.667 bits per heavy atom. The minimum atomic E-state index is 0. The first-order valence-electron chi connectivity index (χ1n) is 0. The van der Waals surface area contributed by atoms with Gasteiger partial charge >= 0.3 is 87.4 Å². The third-order valence-electron chi connectivity index (χ3n) is 0. The topological polar surface area (TPSA) is 85.5 Å². The SMILES string of the molecule is [Bi+3].[Ce+3].[O-2].[O-2].[O-2].[Zn+2]. The van der Waals surface area contributed by atoms with E-state index in [9.17, 15) is 0 Å². The number of rotatable bonds is 0. The first-order valence-corrected chi connectivity index (χ1v) is 0. The largest absolute Gasteiger partial charge is 3.00 e. The van der Waals surface area contributed by atoms with Crippen LogP contribution in [0.3, 0.4) is 0 Å². The summed E-state index contributed by atoms with van der Waals surface area (Å²) in [5.74, 6) is 0. The first-order chi connectivity index (χ1) is 0. The second-order valence-corrected chi connectivity index (χ2v) is 0. The third kappa shape index (κ3) is 29.4. The van der Waals surface area contributed by atoms with Crippen LogP contribution in [0, 0.1) is 41.7 Å². The Kier molecular flexibility index (Phi) is 536. The van der Waals surface area contributed by atoms with Gasteiger partial charge in [0, 0.05) is 0 Å². The van der Waals surface area contributed by atoms with Crippen LogP contribution in [-0.4, -0.2) is 26.2 Å². The predicted molar refractivity (Wildman–Crippen MR) is 7.81 cm³/mol. The van der Waals surface area contributed by atoms with E-state index in [1.165, 1.54) is 0 Å². The van der Waals surface area contributed by atoms with E-state index in [4.69, 9.17) is 0 Å². The molecule has 0 heterocycles. The fraction of sp³-hybridized carbons (Fsp3) is 0. The van der Waals surface area contributed by atoms with Crippen LogP contribution in [-0.2, 0) is 35.9 Å². The van der Waals surface area contributed by atoms with Gasteiger partial charge in [0.15, 0.2) is 0 Å². The molecule has 0 saturated carbocycles. The molecule has 0 atom stereocenters. The summed E-state index contributed by atoms with van der Waals surface area (Å²) in [5.41, 5.74) is 0. The van der Waals surface area contributed by atoms with Crippen molar-refractivity contribution in [3.63, 3.8) is 0 Å². The van der Waals surface area contributed by atoms with Crippen LogP contribution in [0.15, 0.2) is 0 Å². The van der Waals surface area contributed by atoms with Crippen LogP contribution in [0.25, 0.3) is 0 Å². The van der Waals surface area contributed by atoms with E-state index in [-0.39, 0.29) is 104 Å². The third-order valence-corrected chi connectivity index (χ3v) is 0. The average molecular weight is 462 g/mol. The molecule has 0 unspecified atom stereocenters. The summed E-state index contributed by atoms with van der Waals surface area (Å²) in [6, 6.07) is 0. The van der Waals surface area contributed by atoms with Gasteiger partial charge in [-0.15, -0.1) is 0 Å². The molecule has 0 spiro atoms. The number of hydrogen-bond donors (Lipinski definition) is 0. The normalized spacial score (nSPS) is 0. The van der Waals surface area contributed by atoms with Gasteiger partial charge in [-0.2, -0.15) is 0 Å². The summed E-state index contributed by atoms with van der Waals surface area (Å²) >= 11 is 0. The number of hydrogen-bond acceptors (Lipinski definition) is 0. The van der Waals surface area contributed by atoms with E-state index in [0.29, 0.717) is 0 Å². The summed E-state index contributed by atoms with van der Waals surface area (Å²) in [7, 11) is 0. The van der Waals surface area contributed by atoms with Crippen molar-refractivity contribution in [2.45, 2.75) is 0 Å². The molecule has 0 fully saturated rings. The van der Waals surface area contributed by atoms with Crippen molar-refractivity contribution in [1.29, 1.82) is 0 Å². The molecule has 0 aromatic rings. The summed E-state index contributed by atoms with van der Waals surface area (Å²) < 4.78 is 0. The van der Waals surface area contributed by atoms with E-state index in [0.717, 1.165) is 0 Å². The fourth-order valence-electron chi connectivity index (χ4n) is 0. The standard InChI is InChI=1S/Bi.Ce.3O.Zn/q2*+3;3*-2;+2. The van der Waals surface area contributed by atoms with Crippen molar-refractivity contribution >= 4 is 26.2 Å². The Morgan fingerprint density at radius 1 is 0.667 bits per heavy atom. The molecule has 0 aliphatic carbocycles. The minimum Gasteiger partial charge on any atom is -2.00 e. The maximum absolute atomic E-state index is 0. The van der Waals surface area contributed by atoms with E-state index in [2.05, 4.69) is 0 Å². The molecule has 0 saturated heterocycles. The van der Waals surface area contributed by atoms with Crippen molar-refractivity contribution in [2.24, 2.45) is 0 Å². The second-order valence-electron chi connectivity index (χ2n) is 0. The van der Waals surface area contributed by atoms with Crippen LogP contribution >= 0.6 is 0 Å². The second kappa shape index (κ2) is 46.5. The molecular weight excluding hydrogens is 462 g/mol.